The number of unbranched alkanes of at least 4 members (excludes halogenated alkanes) is 10. The van der Waals surface area contributed by atoms with Crippen molar-refractivity contribution in [3.63, 3.8) is 0 Å². The Hall–Kier alpha value is -1.77. The van der Waals surface area contributed by atoms with Gasteiger partial charge in [0.1, 0.15) is 0 Å². The van der Waals surface area contributed by atoms with Crippen LogP contribution in [0.25, 0.3) is 0 Å². The number of ketones is 1. The molecule has 0 aliphatic carbocycles. The third-order valence-electron chi connectivity index (χ3n) is 5.17. The van der Waals surface area contributed by atoms with Crippen LogP contribution in [0.2, 0.25) is 0 Å². The van der Waals surface area contributed by atoms with Crippen LogP contribution in [0.1, 0.15) is 96.0 Å². The molecule has 0 unspecified atom stereocenters. The van der Waals surface area contributed by atoms with Gasteiger partial charge in [-0.2, -0.15) is 0 Å². The van der Waals surface area contributed by atoms with Gasteiger partial charge in [0.2, 0.25) is 0 Å². The van der Waals surface area contributed by atoms with Crippen molar-refractivity contribution in [1.82, 2.24) is 0 Å². The van der Waals surface area contributed by atoms with Crippen LogP contribution in [-0.4, -0.2) is 18.0 Å². The molecular weight excluding hydrogens is 348 g/mol. The summed E-state index contributed by atoms with van der Waals surface area (Å²) in [7, 11) is 1.54. The van der Waals surface area contributed by atoms with E-state index in [0.29, 0.717) is 12.2 Å². The number of rotatable bonds is 17. The summed E-state index contributed by atoms with van der Waals surface area (Å²) in [6.45, 7) is 2.26. The molecule has 0 fully saturated rings. The van der Waals surface area contributed by atoms with Gasteiger partial charge in [0.25, 0.3) is 0 Å². The molecule has 1 N–H and O–H groups in total. The summed E-state index contributed by atoms with van der Waals surface area (Å²) in [5.74, 6) is 0.881. The number of hydrogen-bond donors (Lipinski definition) is 1. The van der Waals surface area contributed by atoms with Gasteiger partial charge in [0, 0.05) is 6.42 Å². The summed E-state index contributed by atoms with van der Waals surface area (Å²) in [5.41, 5.74) is 1.04. The number of carbonyl (C=O) groups excluding carboxylic acids is 1. The lowest BCUT2D eigenvalue weighted by atomic mass is 10.0. The number of phenols is 1. The lowest BCUT2D eigenvalue weighted by Crippen LogP contribution is -1.93. The summed E-state index contributed by atoms with van der Waals surface area (Å²) in [6.07, 6.45) is 20.3. The number of ether oxygens (including phenoxy) is 1. The molecule has 1 aromatic carbocycles. The van der Waals surface area contributed by atoms with Gasteiger partial charge in [0.05, 0.1) is 7.11 Å². The molecule has 28 heavy (non-hydrogen) atoms. The number of aryl methyl sites for hydroxylation is 1. The van der Waals surface area contributed by atoms with E-state index < -0.39 is 0 Å². The summed E-state index contributed by atoms with van der Waals surface area (Å²) in [6, 6.07) is 5.44. The zero-order valence-electron chi connectivity index (χ0n) is 18.0. The first kappa shape index (κ1) is 24.3. The van der Waals surface area contributed by atoms with Crippen LogP contribution in [0.5, 0.6) is 11.5 Å². The average molecular weight is 389 g/mol. The zero-order chi connectivity index (χ0) is 20.5. The molecule has 0 heterocycles. The van der Waals surface area contributed by atoms with Crippen molar-refractivity contribution in [2.75, 3.05) is 7.11 Å². The molecule has 0 spiro atoms. The molecule has 0 aromatic heterocycles. The van der Waals surface area contributed by atoms with Crippen molar-refractivity contribution in [3.8, 4) is 11.5 Å². The lowest BCUT2D eigenvalue weighted by molar-refractivity contribution is -0.114. The Balaban J connectivity index is 1.99. The molecular formula is C25H40O3. The fourth-order valence-corrected chi connectivity index (χ4v) is 3.40. The maximum absolute atomic E-state index is 11.9. The minimum atomic E-state index is 0.163. The first-order valence-electron chi connectivity index (χ1n) is 11.2. The highest BCUT2D eigenvalue weighted by atomic mass is 16.5. The Labute approximate surface area is 172 Å². The molecule has 0 saturated heterocycles. The van der Waals surface area contributed by atoms with Gasteiger partial charge in [-0.15, -0.1) is 0 Å². The van der Waals surface area contributed by atoms with Crippen molar-refractivity contribution in [1.29, 1.82) is 0 Å². The van der Waals surface area contributed by atoms with Crippen LogP contribution < -0.4 is 4.74 Å². The molecule has 3 nitrogen and oxygen atoms in total. The summed E-state index contributed by atoms with van der Waals surface area (Å²) in [5, 5.41) is 9.77. The number of hydrogen-bond acceptors (Lipinski definition) is 3. The summed E-state index contributed by atoms with van der Waals surface area (Å²) in [4.78, 5) is 11.9. The van der Waals surface area contributed by atoms with Gasteiger partial charge in [-0.25, -0.2) is 0 Å². The highest BCUT2D eigenvalue weighted by Crippen LogP contribution is 2.26. The number of phenolic OH excluding ortho intramolecular Hbond substituents is 1. The Bertz CT molecular complexity index is 563. The number of allylic oxidation sites excluding steroid dienone is 2. The smallest absolute Gasteiger partial charge is 0.160 e. The highest BCUT2D eigenvalue weighted by Gasteiger charge is 2.02. The van der Waals surface area contributed by atoms with Crippen molar-refractivity contribution in [2.24, 2.45) is 0 Å². The van der Waals surface area contributed by atoms with Gasteiger partial charge in [-0.3, -0.25) is 4.79 Å². The van der Waals surface area contributed by atoms with Crippen LogP contribution in [0.4, 0.5) is 0 Å². The maximum Gasteiger partial charge on any atom is 0.160 e. The predicted octanol–water partition coefficient (Wildman–Crippen LogP) is 7.16. The Morgan fingerprint density at radius 1 is 0.964 bits per heavy atom. The second kappa shape index (κ2) is 16.2. The minimum absolute atomic E-state index is 0.163. The quantitative estimate of drug-likeness (QED) is 0.227. The number of benzene rings is 1. The van der Waals surface area contributed by atoms with Crippen molar-refractivity contribution < 1.29 is 14.6 Å². The third-order valence-corrected chi connectivity index (χ3v) is 5.17. The number of aromatic hydroxyl groups is 1. The van der Waals surface area contributed by atoms with Crippen molar-refractivity contribution >= 4 is 5.78 Å². The molecule has 0 amide bonds. The largest absolute Gasteiger partial charge is 0.504 e. The Morgan fingerprint density at radius 2 is 1.57 bits per heavy atom. The fraction of sp³-hybridized carbons (Fsp3) is 0.640. The molecule has 158 valence electrons. The van der Waals surface area contributed by atoms with Crippen LogP contribution in [0, 0.1) is 0 Å². The van der Waals surface area contributed by atoms with Crippen LogP contribution in [0.15, 0.2) is 30.4 Å². The van der Waals surface area contributed by atoms with E-state index in [-0.39, 0.29) is 11.5 Å². The molecule has 0 saturated carbocycles. The average Bonchev–Trinajstić information content (AvgIpc) is 2.69. The monoisotopic (exact) mass is 388 g/mol. The molecule has 1 rings (SSSR count). The van der Waals surface area contributed by atoms with E-state index in [1.165, 1.54) is 64.2 Å². The van der Waals surface area contributed by atoms with E-state index in [9.17, 15) is 9.90 Å². The van der Waals surface area contributed by atoms with E-state index in [1.807, 2.05) is 12.1 Å². The Kier molecular flexibility index (Phi) is 14.0. The summed E-state index contributed by atoms with van der Waals surface area (Å²) < 4.78 is 5.04. The Morgan fingerprint density at radius 3 is 2.14 bits per heavy atom. The van der Waals surface area contributed by atoms with E-state index in [0.717, 1.165) is 24.8 Å². The summed E-state index contributed by atoms with van der Waals surface area (Å²) >= 11 is 0. The lowest BCUT2D eigenvalue weighted by Gasteiger charge is -2.05. The van der Waals surface area contributed by atoms with Crippen LogP contribution in [0.3, 0.4) is 0 Å². The van der Waals surface area contributed by atoms with Gasteiger partial charge in [0.15, 0.2) is 17.3 Å². The molecule has 0 atom stereocenters. The second-order valence-electron chi connectivity index (χ2n) is 7.70. The minimum Gasteiger partial charge on any atom is -0.504 e. The third kappa shape index (κ3) is 11.8. The maximum atomic E-state index is 11.9. The van der Waals surface area contributed by atoms with E-state index >= 15 is 0 Å². The van der Waals surface area contributed by atoms with Gasteiger partial charge < -0.3 is 9.84 Å². The van der Waals surface area contributed by atoms with Crippen LogP contribution in [-0.2, 0) is 11.2 Å². The molecule has 0 bridgehead atoms. The van der Waals surface area contributed by atoms with Gasteiger partial charge in [-0.1, -0.05) is 83.3 Å². The van der Waals surface area contributed by atoms with E-state index in [2.05, 4.69) is 6.92 Å². The highest BCUT2D eigenvalue weighted by molar-refractivity contribution is 5.89. The second-order valence-corrected chi connectivity index (χ2v) is 7.70. The SMILES string of the molecule is CCCCCCCCCCCCCC(=O)C=CCCc1ccc(OC)c(O)c1. The normalized spacial score (nSPS) is 11.2. The molecule has 1 aromatic rings. The number of carbonyl (C=O) groups is 1. The van der Waals surface area contributed by atoms with Crippen LogP contribution >= 0.6 is 0 Å². The van der Waals surface area contributed by atoms with Crippen molar-refractivity contribution in [2.45, 2.75) is 96.8 Å². The molecule has 0 aliphatic rings. The first-order chi connectivity index (χ1) is 13.7. The standard InChI is InChI=1S/C25H40O3/c1-3-4-5-6-7-8-9-10-11-12-13-17-23(26)18-15-14-16-22-19-20-25(28-2)24(27)21-22/h15,18-21,27H,3-14,16-17H2,1-2H3. The van der Waals surface area contributed by atoms with Gasteiger partial charge in [-0.05, 0) is 43.0 Å². The van der Waals surface area contributed by atoms with E-state index in [1.54, 1.807) is 25.3 Å². The molecule has 0 radical (unpaired) electrons. The number of methoxy groups -OCH3 is 1. The first-order valence-corrected chi connectivity index (χ1v) is 11.2. The van der Waals surface area contributed by atoms with E-state index in [4.69, 9.17) is 4.74 Å². The van der Waals surface area contributed by atoms with Gasteiger partial charge >= 0.3 is 0 Å². The predicted molar refractivity (Wildman–Crippen MR) is 118 cm³/mol. The zero-order valence-corrected chi connectivity index (χ0v) is 18.0. The molecule has 3 heteroatoms. The van der Waals surface area contributed by atoms with Crippen molar-refractivity contribution in [3.05, 3.63) is 35.9 Å². The fourth-order valence-electron chi connectivity index (χ4n) is 3.40. The molecule has 0 aliphatic heterocycles. The topological polar surface area (TPSA) is 46.5 Å².